The molecule has 11 nitrogen and oxygen atoms in total. The van der Waals surface area contributed by atoms with E-state index in [1.54, 1.807) is 24.3 Å². The maximum atomic E-state index is 15.2. The molecule has 1 aromatic carbocycles. The van der Waals surface area contributed by atoms with Crippen molar-refractivity contribution in [2.75, 3.05) is 12.3 Å². The molecule has 0 saturated carbocycles. The van der Waals surface area contributed by atoms with Gasteiger partial charge in [0.05, 0.1) is 19.5 Å². The Labute approximate surface area is 193 Å². The number of nitrogens with two attached hydrogens (primary N) is 1. The Hall–Kier alpha value is -2.55. The van der Waals surface area contributed by atoms with E-state index in [1.165, 1.54) is 0 Å². The van der Waals surface area contributed by atoms with Crippen LogP contribution in [0.1, 0.15) is 11.8 Å². The Morgan fingerprint density at radius 2 is 2.21 bits per heavy atom. The Bertz CT molecular complexity index is 1360. The number of ether oxygens (including phenoxy) is 1. The minimum Gasteiger partial charge on any atom is -0.424 e. The molecule has 5 atom stereocenters. The number of alkyl halides is 3. The zero-order valence-corrected chi connectivity index (χ0v) is 18.7. The molecule has 5 rings (SSSR count). The highest BCUT2D eigenvalue weighted by Crippen LogP contribution is 2.56. The summed E-state index contributed by atoms with van der Waals surface area (Å²) in [6.45, 7) is -4.65. The Morgan fingerprint density at radius 3 is 2.97 bits per heavy atom. The number of aliphatic hydroxyl groups is 1. The van der Waals surface area contributed by atoms with Crippen molar-refractivity contribution in [2.45, 2.75) is 37.1 Å². The van der Waals surface area contributed by atoms with Crippen molar-refractivity contribution in [3.8, 4) is 5.75 Å². The summed E-state index contributed by atoms with van der Waals surface area (Å²) in [7, 11) is 0. The van der Waals surface area contributed by atoms with Gasteiger partial charge >= 0.3 is 6.72 Å². The minimum absolute atomic E-state index is 0.0168. The third kappa shape index (κ3) is 3.68. The molecular formula is C18H17F3N5O6PS. The topological polar surface area (TPSA) is 147 Å². The van der Waals surface area contributed by atoms with Crippen molar-refractivity contribution in [2.24, 2.45) is 0 Å². The summed E-state index contributed by atoms with van der Waals surface area (Å²) < 4.78 is 66.4. The van der Waals surface area contributed by atoms with Crippen molar-refractivity contribution in [1.82, 2.24) is 19.5 Å². The van der Waals surface area contributed by atoms with Gasteiger partial charge in [0.15, 0.2) is 29.2 Å². The fourth-order valence-electron chi connectivity index (χ4n) is 3.74. The zero-order chi connectivity index (χ0) is 24.3. The number of imidazole rings is 1. The molecule has 2 aliphatic rings. The lowest BCUT2D eigenvalue weighted by Crippen LogP contribution is -2.50. The number of anilines is 1. The van der Waals surface area contributed by atoms with Crippen LogP contribution in [0.2, 0.25) is 0 Å². The first-order valence-corrected chi connectivity index (χ1v) is 12.4. The molecule has 0 amide bonds. The Balaban J connectivity index is 1.43. The highest BCUT2D eigenvalue weighted by atomic mass is 32.5. The number of aromatic nitrogens is 4. The first-order chi connectivity index (χ1) is 16.1. The first-order valence-electron chi connectivity index (χ1n) is 9.80. The molecule has 1 fully saturated rings. The van der Waals surface area contributed by atoms with Crippen molar-refractivity contribution in [1.29, 1.82) is 0 Å². The van der Waals surface area contributed by atoms with Crippen LogP contribution in [-0.4, -0.2) is 55.5 Å². The van der Waals surface area contributed by atoms with Gasteiger partial charge in [0.25, 0.3) is 12.0 Å². The van der Waals surface area contributed by atoms with E-state index in [-0.39, 0.29) is 23.7 Å². The molecule has 0 spiro atoms. The molecule has 182 valence electrons. The number of halogens is 3. The van der Waals surface area contributed by atoms with E-state index in [4.69, 9.17) is 35.8 Å². The normalized spacial score (nSPS) is 31.0. The lowest BCUT2D eigenvalue weighted by Gasteiger charge is -2.33. The third-order valence-corrected chi connectivity index (χ3v) is 7.67. The number of hydrogen-bond donors (Lipinski definition) is 3. The molecule has 4 N–H and O–H groups in total. The van der Waals surface area contributed by atoms with Crippen molar-refractivity contribution in [3.63, 3.8) is 0 Å². The molecule has 4 heterocycles. The van der Waals surface area contributed by atoms with Gasteiger partial charge in [-0.05, 0) is 6.07 Å². The second kappa shape index (κ2) is 8.29. The van der Waals surface area contributed by atoms with Gasteiger partial charge in [-0.3, -0.25) is 23.4 Å². The van der Waals surface area contributed by atoms with Crippen LogP contribution in [0.15, 0.2) is 35.4 Å². The van der Waals surface area contributed by atoms with Gasteiger partial charge in [0.2, 0.25) is 5.95 Å². The van der Waals surface area contributed by atoms with Gasteiger partial charge < -0.3 is 20.1 Å². The number of para-hydroxylation sites is 1. The minimum atomic E-state index is -3.58. The Morgan fingerprint density at radius 1 is 1.44 bits per heavy atom. The van der Waals surface area contributed by atoms with E-state index >= 15 is 4.39 Å². The average molecular weight is 519 g/mol. The van der Waals surface area contributed by atoms with E-state index < -0.39 is 49.4 Å². The van der Waals surface area contributed by atoms with E-state index in [9.17, 15) is 18.7 Å². The molecule has 2 aliphatic heterocycles. The summed E-state index contributed by atoms with van der Waals surface area (Å²) in [6, 6.07) is 6.78. The summed E-state index contributed by atoms with van der Waals surface area (Å²) >= 11 is 5.25. The number of hydrogen-bond acceptors (Lipinski definition) is 10. The highest BCUT2D eigenvalue weighted by Gasteiger charge is 2.62. The van der Waals surface area contributed by atoms with E-state index in [0.29, 0.717) is 11.3 Å². The molecular weight excluding hydrogens is 502 g/mol. The fourth-order valence-corrected chi connectivity index (χ4v) is 5.56. The van der Waals surface area contributed by atoms with Crippen molar-refractivity contribution >= 4 is 35.6 Å². The number of aromatic amines is 1. The summed E-state index contributed by atoms with van der Waals surface area (Å²) in [5, 5.41) is 10.5. The fraction of sp³-hybridized carbons (Fsp3) is 0.389. The van der Waals surface area contributed by atoms with Gasteiger partial charge in [0, 0.05) is 17.4 Å². The maximum absolute atomic E-state index is 15.2. The highest BCUT2D eigenvalue weighted by molar-refractivity contribution is 8.07. The van der Waals surface area contributed by atoms with Crippen LogP contribution in [0, 0.1) is 0 Å². The number of fused-ring (bicyclic) bond motifs is 2. The van der Waals surface area contributed by atoms with Gasteiger partial charge in [-0.25, -0.2) is 18.2 Å². The van der Waals surface area contributed by atoms with Crippen LogP contribution in [0.4, 0.5) is 19.1 Å². The number of nitrogen functional groups attached to an aromatic ring is 1. The third-order valence-electron chi connectivity index (χ3n) is 5.50. The summed E-state index contributed by atoms with van der Waals surface area (Å²) in [6.07, 6.45) is -8.88. The van der Waals surface area contributed by atoms with E-state index in [2.05, 4.69) is 15.0 Å². The van der Waals surface area contributed by atoms with Crippen LogP contribution in [0.5, 0.6) is 5.75 Å². The largest absolute Gasteiger partial charge is 0.424 e. The van der Waals surface area contributed by atoms with Crippen LogP contribution in [0.25, 0.3) is 11.2 Å². The quantitative estimate of drug-likeness (QED) is 0.426. The second-order valence-corrected chi connectivity index (χ2v) is 10.6. The molecule has 0 aliphatic carbocycles. The number of benzene rings is 1. The first kappa shape index (κ1) is 23.2. The molecule has 1 saturated heterocycles. The Kier molecular flexibility index (Phi) is 5.66. The van der Waals surface area contributed by atoms with Crippen LogP contribution in [0.3, 0.4) is 0 Å². The van der Waals surface area contributed by atoms with Gasteiger partial charge in [-0.1, -0.05) is 18.2 Å². The zero-order valence-electron chi connectivity index (χ0n) is 17.0. The lowest BCUT2D eigenvalue weighted by atomic mass is 9.98. The van der Waals surface area contributed by atoms with Crippen LogP contribution in [-0.2, 0) is 32.2 Å². The summed E-state index contributed by atoms with van der Waals surface area (Å²) in [4.78, 5) is 21.9. The maximum Gasteiger partial charge on any atom is 0.381 e. The number of nitrogens with zero attached hydrogens (tertiary/aromatic N) is 3. The molecule has 34 heavy (non-hydrogen) atoms. The second-order valence-electron chi connectivity index (χ2n) is 7.62. The average Bonchev–Trinajstić information content (AvgIpc) is 3.32. The van der Waals surface area contributed by atoms with Crippen molar-refractivity contribution in [3.05, 3.63) is 46.5 Å². The monoisotopic (exact) mass is 519 g/mol. The predicted molar refractivity (Wildman–Crippen MR) is 114 cm³/mol. The number of nitrogens with one attached hydrogen (secondary N) is 1. The number of rotatable bonds is 5. The predicted octanol–water partition coefficient (Wildman–Crippen LogP) is 1.78. The molecule has 3 aromatic rings. The standard InChI is InChI=1S/C18H17F3N5O6PS/c19-12-11(27)15(26-7-23-10-13(26)24-17(22)25-14(10)28)31-18(12,16(20)21)6-30-33(34)29-5-8-3-1-2-4-9(8)32-33/h1-4,7,11-12,15-16,27H,5-6H2,(H3,22,24,25,28). The van der Waals surface area contributed by atoms with Crippen LogP contribution >= 0.6 is 6.72 Å². The molecule has 16 heteroatoms. The summed E-state index contributed by atoms with van der Waals surface area (Å²) in [5.41, 5.74) is 2.18. The summed E-state index contributed by atoms with van der Waals surface area (Å²) in [5.74, 6) is 0.0701. The smallest absolute Gasteiger partial charge is 0.381 e. The molecule has 0 radical (unpaired) electrons. The van der Waals surface area contributed by atoms with Gasteiger partial charge in [0.1, 0.15) is 11.9 Å². The van der Waals surface area contributed by atoms with Crippen molar-refractivity contribution < 1.29 is 36.6 Å². The SMILES string of the molecule is Nc1nc2c(ncn2C2OC(COP3(=S)OCc4ccccc4O3)(C(F)F)C(F)C2O)c(=O)[nH]1. The van der Waals surface area contributed by atoms with Crippen LogP contribution < -0.4 is 15.8 Å². The molecule has 5 unspecified atom stereocenters. The lowest BCUT2D eigenvalue weighted by molar-refractivity contribution is -0.182. The van der Waals surface area contributed by atoms with E-state index in [0.717, 1.165) is 10.9 Å². The molecule has 2 aromatic heterocycles. The number of aliphatic hydroxyl groups excluding tert-OH is 1. The van der Waals surface area contributed by atoms with E-state index in [1.807, 2.05) is 0 Å². The van der Waals surface area contributed by atoms with Gasteiger partial charge in [-0.15, -0.1) is 0 Å². The molecule has 0 bridgehead atoms. The van der Waals surface area contributed by atoms with Gasteiger partial charge in [-0.2, -0.15) is 4.98 Å². The number of H-pyrrole nitrogens is 1.